The minimum absolute atomic E-state index is 0.154. The van der Waals surface area contributed by atoms with Crippen molar-refractivity contribution in [1.29, 1.82) is 0 Å². The Kier molecular flexibility index (Phi) is 7.69. The summed E-state index contributed by atoms with van der Waals surface area (Å²) >= 11 is 0. The molecule has 0 spiro atoms. The Bertz CT molecular complexity index is 128. The first-order chi connectivity index (χ1) is 6.24. The number of ether oxygens (including phenoxy) is 1. The molecule has 0 amide bonds. The molecule has 0 fully saturated rings. The Labute approximate surface area is 80.1 Å². The summed E-state index contributed by atoms with van der Waals surface area (Å²) in [5.41, 5.74) is 0. The van der Waals surface area contributed by atoms with E-state index in [1.807, 2.05) is 0 Å². The minimum Gasteiger partial charge on any atom is -0.469 e. The summed E-state index contributed by atoms with van der Waals surface area (Å²) in [5.74, 6) is 0.313. The van der Waals surface area contributed by atoms with E-state index in [1.54, 1.807) is 0 Å². The van der Waals surface area contributed by atoms with Crippen LogP contribution in [0.1, 0.15) is 39.0 Å². The fourth-order valence-electron chi connectivity index (χ4n) is 1.45. The number of aliphatic hydroxyl groups is 1. The van der Waals surface area contributed by atoms with E-state index >= 15 is 0 Å². The van der Waals surface area contributed by atoms with Gasteiger partial charge in [-0.3, -0.25) is 4.79 Å². The van der Waals surface area contributed by atoms with Crippen LogP contribution in [0.3, 0.4) is 0 Å². The Balaban J connectivity index is 3.61. The molecule has 0 saturated heterocycles. The Morgan fingerprint density at radius 1 is 1.38 bits per heavy atom. The first-order valence-corrected chi connectivity index (χ1v) is 4.92. The molecule has 3 heteroatoms. The van der Waals surface area contributed by atoms with E-state index < -0.39 is 0 Å². The van der Waals surface area contributed by atoms with Gasteiger partial charge in [0, 0.05) is 13.0 Å². The lowest BCUT2D eigenvalue weighted by Crippen LogP contribution is -2.07. The number of carbonyl (C=O) groups is 1. The van der Waals surface area contributed by atoms with Crippen LogP contribution < -0.4 is 0 Å². The molecule has 0 rings (SSSR count). The third-order valence-corrected chi connectivity index (χ3v) is 2.22. The molecule has 13 heavy (non-hydrogen) atoms. The van der Waals surface area contributed by atoms with Crippen molar-refractivity contribution in [2.75, 3.05) is 13.7 Å². The number of hydrogen-bond acceptors (Lipinski definition) is 3. The molecule has 0 aliphatic rings. The molecule has 0 aliphatic heterocycles. The standard InChI is InChI=1S/C10H20O3/c1-3-4-9(7-8-11)5-6-10(12)13-2/h9,11H,3-8H2,1-2H3/t9-/m1/s1. The number of hydrogen-bond donors (Lipinski definition) is 1. The van der Waals surface area contributed by atoms with Crippen LogP contribution in [-0.4, -0.2) is 24.8 Å². The summed E-state index contributed by atoms with van der Waals surface area (Å²) < 4.78 is 4.56. The maximum absolute atomic E-state index is 10.8. The predicted octanol–water partition coefficient (Wildman–Crippen LogP) is 1.74. The van der Waals surface area contributed by atoms with Gasteiger partial charge in [0.1, 0.15) is 0 Å². The van der Waals surface area contributed by atoms with Crippen LogP contribution >= 0.6 is 0 Å². The van der Waals surface area contributed by atoms with Gasteiger partial charge in [-0.05, 0) is 18.8 Å². The second-order valence-electron chi connectivity index (χ2n) is 3.28. The summed E-state index contributed by atoms with van der Waals surface area (Å²) in [6.45, 7) is 2.33. The van der Waals surface area contributed by atoms with Crippen molar-refractivity contribution in [3.8, 4) is 0 Å². The lowest BCUT2D eigenvalue weighted by molar-refractivity contribution is -0.141. The zero-order valence-electron chi connectivity index (χ0n) is 8.58. The number of carbonyl (C=O) groups excluding carboxylic acids is 1. The van der Waals surface area contributed by atoms with Crippen LogP contribution in [0.25, 0.3) is 0 Å². The lowest BCUT2D eigenvalue weighted by Gasteiger charge is -2.13. The maximum atomic E-state index is 10.8. The van der Waals surface area contributed by atoms with Gasteiger partial charge in [-0.15, -0.1) is 0 Å². The van der Waals surface area contributed by atoms with Crippen LogP contribution in [0.4, 0.5) is 0 Å². The Morgan fingerprint density at radius 2 is 2.08 bits per heavy atom. The van der Waals surface area contributed by atoms with Crippen molar-refractivity contribution in [3.05, 3.63) is 0 Å². The van der Waals surface area contributed by atoms with Gasteiger partial charge >= 0.3 is 5.97 Å². The summed E-state index contributed by atoms with van der Waals surface area (Å²) in [6, 6.07) is 0. The van der Waals surface area contributed by atoms with Crippen molar-refractivity contribution < 1.29 is 14.6 Å². The highest BCUT2D eigenvalue weighted by molar-refractivity contribution is 5.69. The highest BCUT2D eigenvalue weighted by Crippen LogP contribution is 2.17. The van der Waals surface area contributed by atoms with Gasteiger partial charge in [0.25, 0.3) is 0 Å². The molecule has 0 saturated carbocycles. The zero-order chi connectivity index (χ0) is 10.1. The minimum atomic E-state index is -0.154. The molecule has 0 aromatic heterocycles. The van der Waals surface area contributed by atoms with Crippen molar-refractivity contribution in [2.45, 2.75) is 39.0 Å². The fraction of sp³-hybridized carbons (Fsp3) is 0.900. The van der Waals surface area contributed by atoms with E-state index in [4.69, 9.17) is 5.11 Å². The van der Waals surface area contributed by atoms with Crippen molar-refractivity contribution >= 4 is 5.97 Å². The Hall–Kier alpha value is -0.570. The molecule has 0 radical (unpaired) electrons. The summed E-state index contributed by atoms with van der Waals surface area (Å²) in [6.07, 6.45) is 4.29. The first-order valence-electron chi connectivity index (χ1n) is 4.92. The van der Waals surface area contributed by atoms with Crippen molar-refractivity contribution in [1.82, 2.24) is 0 Å². The SMILES string of the molecule is CCC[C@@H](CCO)CCC(=O)OC. The van der Waals surface area contributed by atoms with E-state index in [0.717, 1.165) is 25.7 Å². The molecule has 0 aliphatic carbocycles. The van der Waals surface area contributed by atoms with Crippen LogP contribution in [0.5, 0.6) is 0 Å². The summed E-state index contributed by atoms with van der Waals surface area (Å²) in [5, 5.41) is 8.77. The van der Waals surface area contributed by atoms with Gasteiger partial charge < -0.3 is 9.84 Å². The van der Waals surface area contributed by atoms with E-state index in [9.17, 15) is 4.79 Å². The van der Waals surface area contributed by atoms with Gasteiger partial charge in [0.2, 0.25) is 0 Å². The molecule has 0 unspecified atom stereocenters. The second kappa shape index (κ2) is 8.05. The number of esters is 1. The van der Waals surface area contributed by atoms with Crippen molar-refractivity contribution in [2.24, 2.45) is 5.92 Å². The van der Waals surface area contributed by atoms with Gasteiger partial charge in [-0.25, -0.2) is 0 Å². The normalized spacial score (nSPS) is 12.5. The molecule has 0 aromatic carbocycles. The van der Waals surface area contributed by atoms with Crippen molar-refractivity contribution in [3.63, 3.8) is 0 Å². The Morgan fingerprint density at radius 3 is 2.54 bits per heavy atom. The molecule has 1 N–H and O–H groups in total. The third kappa shape index (κ3) is 6.58. The average molecular weight is 188 g/mol. The highest BCUT2D eigenvalue weighted by Gasteiger charge is 2.09. The molecule has 0 bridgehead atoms. The maximum Gasteiger partial charge on any atom is 0.305 e. The number of rotatable bonds is 7. The number of aliphatic hydroxyl groups excluding tert-OH is 1. The smallest absolute Gasteiger partial charge is 0.305 e. The van der Waals surface area contributed by atoms with Crippen LogP contribution in [-0.2, 0) is 9.53 Å². The monoisotopic (exact) mass is 188 g/mol. The zero-order valence-corrected chi connectivity index (χ0v) is 8.58. The fourth-order valence-corrected chi connectivity index (χ4v) is 1.45. The molecule has 78 valence electrons. The summed E-state index contributed by atoms with van der Waals surface area (Å²) in [4.78, 5) is 10.8. The van der Waals surface area contributed by atoms with E-state index in [0.29, 0.717) is 12.3 Å². The van der Waals surface area contributed by atoms with Gasteiger partial charge in [0.15, 0.2) is 0 Å². The molecule has 0 aromatic rings. The number of methoxy groups -OCH3 is 1. The second-order valence-corrected chi connectivity index (χ2v) is 3.28. The average Bonchev–Trinajstić information content (AvgIpc) is 2.14. The van der Waals surface area contributed by atoms with Crippen LogP contribution in [0.2, 0.25) is 0 Å². The van der Waals surface area contributed by atoms with E-state index in [2.05, 4.69) is 11.7 Å². The van der Waals surface area contributed by atoms with Gasteiger partial charge in [-0.1, -0.05) is 19.8 Å². The van der Waals surface area contributed by atoms with E-state index in [1.165, 1.54) is 7.11 Å². The van der Waals surface area contributed by atoms with Gasteiger partial charge in [-0.2, -0.15) is 0 Å². The lowest BCUT2D eigenvalue weighted by atomic mass is 9.95. The predicted molar refractivity (Wildman–Crippen MR) is 51.4 cm³/mol. The topological polar surface area (TPSA) is 46.5 Å². The van der Waals surface area contributed by atoms with Crippen LogP contribution in [0, 0.1) is 5.92 Å². The third-order valence-electron chi connectivity index (χ3n) is 2.22. The largest absolute Gasteiger partial charge is 0.469 e. The molecular formula is C10H20O3. The summed E-state index contributed by atoms with van der Waals surface area (Å²) in [7, 11) is 1.41. The van der Waals surface area contributed by atoms with Gasteiger partial charge in [0.05, 0.1) is 7.11 Å². The van der Waals surface area contributed by atoms with E-state index in [-0.39, 0.29) is 12.6 Å². The van der Waals surface area contributed by atoms with Crippen LogP contribution in [0.15, 0.2) is 0 Å². The highest BCUT2D eigenvalue weighted by atomic mass is 16.5. The molecule has 0 heterocycles. The molecule has 3 nitrogen and oxygen atoms in total. The molecular weight excluding hydrogens is 168 g/mol. The molecule has 1 atom stereocenters. The quantitative estimate of drug-likeness (QED) is 0.619. The first kappa shape index (κ1) is 12.4.